The van der Waals surface area contributed by atoms with Gasteiger partial charge in [0.25, 0.3) is 0 Å². The first-order chi connectivity index (χ1) is 4.27. The van der Waals surface area contributed by atoms with Crippen LogP contribution < -0.4 is 0 Å². The minimum Gasteiger partial charge on any atom is -0.400 e. The van der Waals surface area contributed by atoms with Gasteiger partial charge in [0.2, 0.25) is 0 Å². The second-order valence-electron chi connectivity index (χ2n) is 1.35. The Labute approximate surface area is 53.0 Å². The van der Waals surface area contributed by atoms with E-state index in [2.05, 4.69) is 13.6 Å². The van der Waals surface area contributed by atoms with Crippen molar-refractivity contribution in [2.75, 3.05) is 6.61 Å². The maximum Gasteiger partial charge on any atom is 0.586 e. The summed E-state index contributed by atoms with van der Waals surface area (Å²) in [7, 11) is -3.18. The number of hydrogen-bond donors (Lipinski definition) is 0. The molecule has 0 aromatic heterocycles. The highest BCUT2D eigenvalue weighted by Gasteiger charge is 2.29. The van der Waals surface area contributed by atoms with Crippen LogP contribution in [0.3, 0.4) is 0 Å². The molecule has 4 nitrogen and oxygen atoms in total. The molecule has 1 aliphatic rings. The van der Waals surface area contributed by atoms with Crippen LogP contribution in [0, 0.1) is 0 Å². The Kier molecular flexibility index (Phi) is 1.78. The predicted molar refractivity (Wildman–Crippen MR) is 30.5 cm³/mol. The first-order valence-electron chi connectivity index (χ1n) is 2.53. The number of rotatable bonds is 2. The molecule has 0 saturated heterocycles. The molecule has 0 fully saturated rings. The van der Waals surface area contributed by atoms with Gasteiger partial charge in [0.15, 0.2) is 0 Å². The second kappa shape index (κ2) is 2.42. The van der Waals surface area contributed by atoms with Crippen molar-refractivity contribution in [3.05, 3.63) is 12.5 Å². The summed E-state index contributed by atoms with van der Waals surface area (Å²) in [5.74, 6) is 0. The number of hydrogen-bond acceptors (Lipinski definition) is 4. The van der Waals surface area contributed by atoms with Gasteiger partial charge in [-0.3, -0.25) is 4.52 Å². The Hall–Kier alpha value is -0.470. The van der Waals surface area contributed by atoms with Crippen LogP contribution in [-0.4, -0.2) is 6.61 Å². The average molecular weight is 150 g/mol. The third kappa shape index (κ3) is 1.47. The van der Waals surface area contributed by atoms with Crippen molar-refractivity contribution < 1.29 is 18.1 Å². The van der Waals surface area contributed by atoms with Gasteiger partial charge in [0.05, 0.1) is 6.61 Å². The first-order valence-corrected chi connectivity index (χ1v) is 3.99. The second-order valence-corrected chi connectivity index (χ2v) is 2.92. The fourth-order valence-corrected chi connectivity index (χ4v) is 1.33. The average Bonchev–Trinajstić information content (AvgIpc) is 2.16. The highest BCUT2D eigenvalue weighted by molar-refractivity contribution is 7.48. The quantitative estimate of drug-likeness (QED) is 0.561. The Balaban J connectivity index is 2.46. The summed E-state index contributed by atoms with van der Waals surface area (Å²) in [6.45, 7) is 2.03. The molecule has 52 valence electrons. The summed E-state index contributed by atoms with van der Waals surface area (Å²) < 4.78 is 24.5. The molecule has 0 N–H and O–H groups in total. The molecule has 0 aliphatic carbocycles. The van der Waals surface area contributed by atoms with Crippen LogP contribution in [0.1, 0.15) is 6.92 Å². The van der Waals surface area contributed by atoms with Gasteiger partial charge in [-0.25, -0.2) is 4.57 Å². The Morgan fingerprint density at radius 3 is 2.56 bits per heavy atom. The summed E-state index contributed by atoms with van der Waals surface area (Å²) in [5, 5.41) is 0. The van der Waals surface area contributed by atoms with Crippen molar-refractivity contribution in [2.45, 2.75) is 6.92 Å². The van der Waals surface area contributed by atoms with Crippen LogP contribution in [0.2, 0.25) is 0 Å². The van der Waals surface area contributed by atoms with Gasteiger partial charge in [-0.05, 0) is 6.92 Å². The zero-order valence-electron chi connectivity index (χ0n) is 4.94. The fraction of sp³-hybridized carbons (Fsp3) is 0.500. The highest BCUT2D eigenvalue weighted by atomic mass is 31.2. The fourth-order valence-electron chi connectivity index (χ4n) is 0.443. The van der Waals surface area contributed by atoms with Gasteiger partial charge >= 0.3 is 7.82 Å². The van der Waals surface area contributed by atoms with Crippen molar-refractivity contribution in [2.24, 2.45) is 0 Å². The normalized spacial score (nSPS) is 21.0. The zero-order valence-corrected chi connectivity index (χ0v) is 5.84. The molecule has 1 aliphatic heterocycles. The number of phosphoric acid groups is 1. The van der Waals surface area contributed by atoms with E-state index in [1.807, 2.05) is 0 Å². The zero-order chi connectivity index (χ0) is 6.74. The van der Waals surface area contributed by atoms with Gasteiger partial charge in [-0.2, -0.15) is 0 Å². The SMILES string of the molecule is CCOP1(=O)OC=CO1. The van der Waals surface area contributed by atoms with E-state index in [0.717, 1.165) is 0 Å². The largest absolute Gasteiger partial charge is 0.586 e. The van der Waals surface area contributed by atoms with Gasteiger partial charge in [-0.15, -0.1) is 0 Å². The molecule has 0 aromatic carbocycles. The van der Waals surface area contributed by atoms with Crippen LogP contribution in [0.25, 0.3) is 0 Å². The van der Waals surface area contributed by atoms with Gasteiger partial charge in [0.1, 0.15) is 12.5 Å². The summed E-state index contributed by atoms with van der Waals surface area (Å²) in [6, 6.07) is 0. The molecule has 0 amide bonds. The van der Waals surface area contributed by atoms with Crippen LogP contribution >= 0.6 is 7.82 Å². The van der Waals surface area contributed by atoms with Crippen LogP contribution in [0.4, 0.5) is 0 Å². The molecule has 0 radical (unpaired) electrons. The van der Waals surface area contributed by atoms with Gasteiger partial charge in [-0.1, -0.05) is 0 Å². The van der Waals surface area contributed by atoms with Crippen molar-refractivity contribution in [3.63, 3.8) is 0 Å². The van der Waals surface area contributed by atoms with Crippen LogP contribution in [-0.2, 0) is 18.1 Å². The molecule has 5 heteroatoms. The van der Waals surface area contributed by atoms with E-state index in [1.165, 1.54) is 12.5 Å². The predicted octanol–water partition coefficient (Wildman–Crippen LogP) is 1.65. The molecule has 0 unspecified atom stereocenters. The van der Waals surface area contributed by atoms with E-state index in [9.17, 15) is 4.57 Å². The summed E-state index contributed by atoms with van der Waals surface area (Å²) >= 11 is 0. The molecule has 1 rings (SSSR count). The smallest absolute Gasteiger partial charge is 0.400 e. The third-order valence-corrected chi connectivity index (χ3v) is 2.06. The molecule has 0 atom stereocenters. The molecular weight excluding hydrogens is 143 g/mol. The summed E-state index contributed by atoms with van der Waals surface area (Å²) in [5.41, 5.74) is 0. The van der Waals surface area contributed by atoms with E-state index in [0.29, 0.717) is 6.61 Å². The van der Waals surface area contributed by atoms with Gasteiger partial charge < -0.3 is 9.05 Å². The van der Waals surface area contributed by atoms with Gasteiger partial charge in [0, 0.05) is 0 Å². The lowest BCUT2D eigenvalue weighted by Crippen LogP contribution is -1.87. The number of phosphoric ester groups is 1. The first kappa shape index (κ1) is 6.65. The molecule has 0 bridgehead atoms. The Bertz CT molecular complexity index is 152. The monoisotopic (exact) mass is 150 g/mol. The van der Waals surface area contributed by atoms with E-state index >= 15 is 0 Å². The summed E-state index contributed by atoms with van der Waals surface area (Å²) in [4.78, 5) is 0. The highest BCUT2D eigenvalue weighted by Crippen LogP contribution is 2.52. The van der Waals surface area contributed by atoms with E-state index in [-0.39, 0.29) is 0 Å². The third-order valence-electron chi connectivity index (χ3n) is 0.723. The van der Waals surface area contributed by atoms with Crippen molar-refractivity contribution in [3.8, 4) is 0 Å². The minimum absolute atomic E-state index is 0.318. The van der Waals surface area contributed by atoms with E-state index < -0.39 is 7.82 Å². The molecule has 9 heavy (non-hydrogen) atoms. The Morgan fingerprint density at radius 1 is 1.56 bits per heavy atom. The minimum atomic E-state index is -3.18. The maximum atomic E-state index is 10.9. The van der Waals surface area contributed by atoms with Crippen LogP contribution in [0.15, 0.2) is 12.5 Å². The van der Waals surface area contributed by atoms with Crippen molar-refractivity contribution >= 4 is 7.82 Å². The Morgan fingerprint density at radius 2 is 2.11 bits per heavy atom. The lowest BCUT2D eigenvalue weighted by molar-refractivity contribution is 0.210. The lowest BCUT2D eigenvalue weighted by Gasteiger charge is -2.06. The molecule has 0 spiro atoms. The lowest BCUT2D eigenvalue weighted by atomic mass is 10.9. The van der Waals surface area contributed by atoms with Crippen molar-refractivity contribution in [1.82, 2.24) is 0 Å². The summed E-state index contributed by atoms with van der Waals surface area (Å²) in [6.07, 6.45) is 2.41. The molecule has 0 aromatic rings. The van der Waals surface area contributed by atoms with Crippen molar-refractivity contribution in [1.29, 1.82) is 0 Å². The molecule has 1 heterocycles. The topological polar surface area (TPSA) is 44.8 Å². The molecular formula is C4H7O4P. The van der Waals surface area contributed by atoms with Crippen LogP contribution in [0.5, 0.6) is 0 Å². The van der Waals surface area contributed by atoms with E-state index in [4.69, 9.17) is 0 Å². The van der Waals surface area contributed by atoms with E-state index in [1.54, 1.807) is 6.92 Å². The maximum absolute atomic E-state index is 10.9. The molecule has 0 saturated carbocycles. The standard InChI is InChI=1S/C4H7O4P/c1-2-6-9(5)7-3-4-8-9/h3-4H,2H2,1H3.